The minimum Gasteiger partial charge on any atom is -0.344 e. The molecular weight excluding hydrogens is 259 g/mol. The molecule has 0 saturated heterocycles. The standard InChI is InChI=1S/C12H12Cl2N2O/c1-16(6-2-5-15)12(17)7-9-3-4-10(13)8-11(9)14/h3-4,8H,2,6-7H2,1H3. The van der Waals surface area contributed by atoms with Gasteiger partial charge in [0.25, 0.3) is 0 Å². The average molecular weight is 271 g/mol. The average Bonchev–Trinajstić information content (AvgIpc) is 2.29. The molecule has 1 aromatic carbocycles. The van der Waals surface area contributed by atoms with Crippen molar-refractivity contribution in [1.82, 2.24) is 4.90 Å². The van der Waals surface area contributed by atoms with Gasteiger partial charge in [-0.15, -0.1) is 0 Å². The van der Waals surface area contributed by atoms with E-state index in [0.717, 1.165) is 5.56 Å². The monoisotopic (exact) mass is 270 g/mol. The number of rotatable bonds is 4. The molecule has 90 valence electrons. The number of carbonyl (C=O) groups excluding carboxylic acids is 1. The van der Waals surface area contributed by atoms with Crippen molar-refractivity contribution in [2.24, 2.45) is 0 Å². The summed E-state index contributed by atoms with van der Waals surface area (Å²) in [5, 5.41) is 9.47. The van der Waals surface area contributed by atoms with E-state index in [9.17, 15) is 4.79 Å². The SMILES string of the molecule is CN(CCC#N)C(=O)Cc1ccc(Cl)cc1Cl. The van der Waals surface area contributed by atoms with Crippen molar-refractivity contribution in [3.8, 4) is 6.07 Å². The second kappa shape index (κ2) is 6.48. The van der Waals surface area contributed by atoms with Crippen LogP contribution in [-0.2, 0) is 11.2 Å². The summed E-state index contributed by atoms with van der Waals surface area (Å²) >= 11 is 11.7. The largest absolute Gasteiger partial charge is 0.344 e. The molecule has 0 aliphatic heterocycles. The molecule has 0 heterocycles. The van der Waals surface area contributed by atoms with Crippen molar-refractivity contribution >= 4 is 29.1 Å². The van der Waals surface area contributed by atoms with Crippen LogP contribution < -0.4 is 0 Å². The maximum Gasteiger partial charge on any atom is 0.226 e. The van der Waals surface area contributed by atoms with E-state index in [1.54, 1.807) is 25.2 Å². The molecule has 0 radical (unpaired) electrons. The molecule has 0 saturated carbocycles. The Morgan fingerprint density at radius 2 is 2.18 bits per heavy atom. The molecular formula is C12H12Cl2N2O. The molecule has 0 aliphatic rings. The van der Waals surface area contributed by atoms with Crippen molar-refractivity contribution < 1.29 is 4.79 Å². The molecule has 1 amide bonds. The Morgan fingerprint density at radius 1 is 1.47 bits per heavy atom. The minimum absolute atomic E-state index is 0.0653. The topological polar surface area (TPSA) is 44.1 Å². The zero-order valence-corrected chi connectivity index (χ0v) is 10.9. The van der Waals surface area contributed by atoms with Gasteiger partial charge >= 0.3 is 0 Å². The maximum absolute atomic E-state index is 11.8. The normalized spacial score (nSPS) is 9.76. The molecule has 1 rings (SSSR count). The summed E-state index contributed by atoms with van der Waals surface area (Å²) in [4.78, 5) is 13.3. The predicted octanol–water partition coefficient (Wildman–Crippen LogP) is 2.91. The Morgan fingerprint density at radius 3 is 2.76 bits per heavy atom. The molecule has 5 heteroatoms. The Labute approximate surface area is 111 Å². The molecule has 0 unspecified atom stereocenters. The lowest BCUT2D eigenvalue weighted by atomic mass is 10.1. The summed E-state index contributed by atoms with van der Waals surface area (Å²) in [5.41, 5.74) is 0.741. The van der Waals surface area contributed by atoms with Crippen molar-refractivity contribution in [3.05, 3.63) is 33.8 Å². The second-order valence-electron chi connectivity index (χ2n) is 3.64. The van der Waals surface area contributed by atoms with Crippen LogP contribution in [0.5, 0.6) is 0 Å². The van der Waals surface area contributed by atoms with Gasteiger partial charge in [-0.3, -0.25) is 4.79 Å². The molecule has 0 N–H and O–H groups in total. The lowest BCUT2D eigenvalue weighted by Gasteiger charge is -2.15. The first-order chi connectivity index (χ1) is 8.04. The van der Waals surface area contributed by atoms with Crippen LogP contribution in [0.1, 0.15) is 12.0 Å². The van der Waals surface area contributed by atoms with Gasteiger partial charge in [-0.05, 0) is 17.7 Å². The van der Waals surface area contributed by atoms with Crippen molar-refractivity contribution in [2.75, 3.05) is 13.6 Å². The van der Waals surface area contributed by atoms with Gasteiger partial charge in [-0.25, -0.2) is 0 Å². The highest BCUT2D eigenvalue weighted by molar-refractivity contribution is 6.35. The molecule has 17 heavy (non-hydrogen) atoms. The highest BCUT2D eigenvalue weighted by atomic mass is 35.5. The van der Waals surface area contributed by atoms with E-state index in [4.69, 9.17) is 28.5 Å². The van der Waals surface area contributed by atoms with Crippen LogP contribution in [0.4, 0.5) is 0 Å². The van der Waals surface area contributed by atoms with Crippen LogP contribution in [0, 0.1) is 11.3 Å². The molecule has 0 bridgehead atoms. The van der Waals surface area contributed by atoms with Crippen molar-refractivity contribution in [1.29, 1.82) is 5.26 Å². The number of nitrogens with zero attached hydrogens (tertiary/aromatic N) is 2. The zero-order chi connectivity index (χ0) is 12.8. The first kappa shape index (κ1) is 13.8. The fraction of sp³-hybridized carbons (Fsp3) is 0.333. The lowest BCUT2D eigenvalue weighted by Crippen LogP contribution is -2.29. The van der Waals surface area contributed by atoms with E-state index >= 15 is 0 Å². The lowest BCUT2D eigenvalue weighted by molar-refractivity contribution is -0.129. The van der Waals surface area contributed by atoms with Crippen LogP contribution in [0.3, 0.4) is 0 Å². The molecule has 0 aromatic heterocycles. The van der Waals surface area contributed by atoms with E-state index in [2.05, 4.69) is 0 Å². The predicted molar refractivity (Wildman–Crippen MR) is 68.0 cm³/mol. The molecule has 0 fully saturated rings. The summed E-state index contributed by atoms with van der Waals surface area (Å²) in [7, 11) is 1.67. The van der Waals surface area contributed by atoms with Gasteiger partial charge in [0.1, 0.15) is 0 Å². The first-order valence-electron chi connectivity index (χ1n) is 5.09. The number of hydrogen-bond donors (Lipinski definition) is 0. The highest BCUT2D eigenvalue weighted by Crippen LogP contribution is 2.21. The first-order valence-corrected chi connectivity index (χ1v) is 5.85. The number of nitriles is 1. The summed E-state index contributed by atoms with van der Waals surface area (Å²) in [6.07, 6.45) is 0.550. The van der Waals surface area contributed by atoms with Crippen molar-refractivity contribution in [2.45, 2.75) is 12.8 Å². The Kier molecular flexibility index (Phi) is 5.27. The van der Waals surface area contributed by atoms with Crippen molar-refractivity contribution in [3.63, 3.8) is 0 Å². The molecule has 0 atom stereocenters. The number of carbonyl (C=O) groups is 1. The van der Waals surface area contributed by atoms with Crippen LogP contribution in [-0.4, -0.2) is 24.4 Å². The van der Waals surface area contributed by atoms with E-state index in [0.29, 0.717) is 23.0 Å². The van der Waals surface area contributed by atoms with Gasteiger partial charge in [-0.1, -0.05) is 29.3 Å². The van der Waals surface area contributed by atoms with Gasteiger partial charge in [0.2, 0.25) is 5.91 Å². The summed E-state index contributed by atoms with van der Waals surface area (Å²) in [5.74, 6) is -0.0653. The zero-order valence-electron chi connectivity index (χ0n) is 9.41. The minimum atomic E-state index is -0.0653. The van der Waals surface area contributed by atoms with Crippen LogP contribution in [0.2, 0.25) is 10.0 Å². The number of halogens is 2. The third-order valence-corrected chi connectivity index (χ3v) is 2.93. The highest BCUT2D eigenvalue weighted by Gasteiger charge is 2.11. The Bertz CT molecular complexity index is 454. The number of amides is 1. The van der Waals surface area contributed by atoms with E-state index in [1.165, 1.54) is 4.90 Å². The molecule has 0 aliphatic carbocycles. The van der Waals surface area contributed by atoms with Gasteiger partial charge in [0, 0.05) is 23.6 Å². The molecule has 3 nitrogen and oxygen atoms in total. The molecule has 0 spiro atoms. The Balaban J connectivity index is 2.65. The summed E-state index contributed by atoms with van der Waals surface area (Å²) in [6.45, 7) is 0.431. The maximum atomic E-state index is 11.8. The van der Waals surface area contributed by atoms with Gasteiger partial charge in [0.15, 0.2) is 0 Å². The fourth-order valence-electron chi connectivity index (χ4n) is 1.31. The van der Waals surface area contributed by atoms with Crippen LogP contribution in [0.15, 0.2) is 18.2 Å². The van der Waals surface area contributed by atoms with Gasteiger partial charge in [0.05, 0.1) is 18.9 Å². The van der Waals surface area contributed by atoms with Crippen LogP contribution >= 0.6 is 23.2 Å². The number of hydrogen-bond acceptors (Lipinski definition) is 2. The van der Waals surface area contributed by atoms with E-state index in [-0.39, 0.29) is 12.3 Å². The van der Waals surface area contributed by atoms with Gasteiger partial charge < -0.3 is 4.90 Å². The molecule has 1 aromatic rings. The summed E-state index contributed by atoms with van der Waals surface area (Å²) in [6, 6.07) is 7.05. The quantitative estimate of drug-likeness (QED) is 0.845. The van der Waals surface area contributed by atoms with E-state index in [1.807, 2.05) is 6.07 Å². The third-order valence-electron chi connectivity index (χ3n) is 2.34. The number of likely N-dealkylation sites (N-methyl/N-ethyl adjacent to an activating group) is 1. The number of benzene rings is 1. The fourth-order valence-corrected chi connectivity index (χ4v) is 1.78. The van der Waals surface area contributed by atoms with Crippen LogP contribution in [0.25, 0.3) is 0 Å². The van der Waals surface area contributed by atoms with E-state index < -0.39 is 0 Å². The summed E-state index contributed by atoms with van der Waals surface area (Å²) < 4.78 is 0. The van der Waals surface area contributed by atoms with Gasteiger partial charge in [-0.2, -0.15) is 5.26 Å². The second-order valence-corrected chi connectivity index (χ2v) is 4.48. The smallest absolute Gasteiger partial charge is 0.226 e. The Hall–Kier alpha value is -1.24. The third kappa shape index (κ3) is 4.26.